The number of anilines is 2. The molecule has 1 aliphatic rings. The van der Waals surface area contributed by atoms with Crippen LogP contribution >= 0.6 is 23.4 Å². The fourth-order valence-electron chi connectivity index (χ4n) is 3.55. The molecule has 0 fully saturated rings. The van der Waals surface area contributed by atoms with Gasteiger partial charge in [0.15, 0.2) is 0 Å². The summed E-state index contributed by atoms with van der Waals surface area (Å²) < 4.78 is 5.22. The van der Waals surface area contributed by atoms with Gasteiger partial charge < -0.3 is 15.2 Å². The molecule has 4 rings (SSSR count). The van der Waals surface area contributed by atoms with Crippen molar-refractivity contribution in [2.75, 3.05) is 16.8 Å². The second-order valence-corrected chi connectivity index (χ2v) is 9.77. The van der Waals surface area contributed by atoms with Crippen LogP contribution in [-0.4, -0.2) is 35.5 Å². The third-order valence-electron chi connectivity index (χ3n) is 5.57. The molecule has 0 aromatic heterocycles. The first kappa shape index (κ1) is 27.0. The van der Waals surface area contributed by atoms with Gasteiger partial charge in [-0.2, -0.15) is 0 Å². The number of carbonyl (C=O) groups is 4. The molecule has 2 N–H and O–H groups in total. The summed E-state index contributed by atoms with van der Waals surface area (Å²) in [6.45, 7) is 2.31. The van der Waals surface area contributed by atoms with E-state index in [1.165, 1.54) is 48.5 Å². The monoisotopic (exact) mass is 550 g/mol. The molecule has 1 aliphatic heterocycles. The number of carboxylic acid groups (broad SMARTS) is 1. The molecule has 8 nitrogen and oxygen atoms in total. The predicted octanol–water partition coefficient (Wildman–Crippen LogP) is 5.98. The number of esters is 1. The topological polar surface area (TPSA) is 113 Å². The molecular weight excluding hydrogens is 528 g/mol. The number of amides is 2. The Morgan fingerprint density at radius 2 is 1.55 bits per heavy atom. The third kappa shape index (κ3) is 6.07. The maximum atomic E-state index is 13.5. The fourth-order valence-corrected chi connectivity index (χ4v) is 4.60. The largest absolute Gasteiger partial charge is 0.478 e. The van der Waals surface area contributed by atoms with Crippen molar-refractivity contribution in [2.24, 2.45) is 0 Å². The average molecular weight is 551 g/mol. The quantitative estimate of drug-likeness (QED) is 0.180. The van der Waals surface area contributed by atoms with Gasteiger partial charge in [0.2, 0.25) is 0 Å². The number of aromatic carboxylic acids is 1. The molecule has 0 unspecified atom stereocenters. The van der Waals surface area contributed by atoms with E-state index in [1.807, 2.05) is 6.92 Å². The van der Waals surface area contributed by atoms with Crippen LogP contribution in [0.3, 0.4) is 0 Å². The lowest BCUT2D eigenvalue weighted by Gasteiger charge is -2.16. The smallest absolute Gasteiger partial charge is 0.338 e. The third-order valence-corrected chi connectivity index (χ3v) is 6.91. The number of unbranched alkanes of at least 4 members (excludes halogenated alkanes) is 1. The minimum Gasteiger partial charge on any atom is -0.478 e. The molecule has 3 aromatic rings. The standard InChI is InChI=1S/C28H23ClN2O6S/c1-2-3-16-37-28(36)18-6-12-21(13-7-18)31-25(32)23(30-20-10-4-17(5-11-20)27(34)35)24(26(31)33)38-22-14-8-19(29)9-15-22/h4-15,30H,2-3,16H2,1H3,(H,34,35). The van der Waals surface area contributed by atoms with Gasteiger partial charge >= 0.3 is 11.9 Å². The first-order chi connectivity index (χ1) is 18.3. The Bertz CT molecular complexity index is 1400. The summed E-state index contributed by atoms with van der Waals surface area (Å²) >= 11 is 7.09. The number of benzene rings is 3. The average Bonchev–Trinajstić information content (AvgIpc) is 3.14. The van der Waals surface area contributed by atoms with E-state index in [0.29, 0.717) is 27.8 Å². The highest BCUT2D eigenvalue weighted by molar-refractivity contribution is 8.04. The van der Waals surface area contributed by atoms with Crippen LogP contribution in [0, 0.1) is 0 Å². The Morgan fingerprint density at radius 3 is 2.16 bits per heavy atom. The van der Waals surface area contributed by atoms with E-state index in [1.54, 1.807) is 24.3 Å². The van der Waals surface area contributed by atoms with E-state index in [-0.39, 0.29) is 21.9 Å². The minimum atomic E-state index is -1.08. The predicted molar refractivity (Wildman–Crippen MR) is 145 cm³/mol. The fraction of sp³-hybridized carbons (Fsp3) is 0.143. The van der Waals surface area contributed by atoms with Crippen molar-refractivity contribution in [3.63, 3.8) is 0 Å². The molecule has 2 amide bonds. The van der Waals surface area contributed by atoms with Crippen LogP contribution in [0.15, 0.2) is 88.3 Å². The molecule has 0 spiro atoms. The molecule has 0 radical (unpaired) electrons. The Hall–Kier alpha value is -4.08. The van der Waals surface area contributed by atoms with Gasteiger partial charge in [-0.05, 0) is 79.2 Å². The molecule has 194 valence electrons. The zero-order valence-corrected chi connectivity index (χ0v) is 21.8. The van der Waals surface area contributed by atoms with Gasteiger partial charge in [-0.15, -0.1) is 0 Å². The number of nitrogens with one attached hydrogen (secondary N) is 1. The van der Waals surface area contributed by atoms with Crippen molar-refractivity contribution in [3.8, 4) is 0 Å². The molecule has 0 bridgehead atoms. The highest BCUT2D eigenvalue weighted by atomic mass is 35.5. The summed E-state index contributed by atoms with van der Waals surface area (Å²) in [5.74, 6) is -2.69. The lowest BCUT2D eigenvalue weighted by molar-refractivity contribution is -0.120. The van der Waals surface area contributed by atoms with Crippen molar-refractivity contribution in [2.45, 2.75) is 24.7 Å². The first-order valence-corrected chi connectivity index (χ1v) is 12.9. The Kier molecular flexibility index (Phi) is 8.50. The summed E-state index contributed by atoms with van der Waals surface area (Å²) in [6, 6.07) is 18.7. The number of halogens is 1. The number of ether oxygens (including phenoxy) is 1. The van der Waals surface area contributed by atoms with Gasteiger partial charge in [-0.1, -0.05) is 36.7 Å². The highest BCUT2D eigenvalue weighted by Gasteiger charge is 2.40. The van der Waals surface area contributed by atoms with Crippen molar-refractivity contribution in [1.82, 2.24) is 0 Å². The molecular formula is C28H23ClN2O6S. The molecule has 0 saturated carbocycles. The zero-order valence-electron chi connectivity index (χ0n) is 20.3. The number of rotatable bonds is 10. The Balaban J connectivity index is 1.62. The van der Waals surface area contributed by atoms with Crippen LogP contribution in [0.25, 0.3) is 0 Å². The van der Waals surface area contributed by atoms with E-state index < -0.39 is 23.8 Å². The van der Waals surface area contributed by atoms with E-state index in [0.717, 1.165) is 29.5 Å². The number of hydrogen-bond donors (Lipinski definition) is 2. The van der Waals surface area contributed by atoms with E-state index >= 15 is 0 Å². The first-order valence-electron chi connectivity index (χ1n) is 11.7. The molecule has 0 atom stereocenters. The molecule has 38 heavy (non-hydrogen) atoms. The van der Waals surface area contributed by atoms with Crippen LogP contribution in [0.2, 0.25) is 5.02 Å². The Morgan fingerprint density at radius 1 is 0.921 bits per heavy atom. The van der Waals surface area contributed by atoms with E-state index in [4.69, 9.17) is 21.4 Å². The van der Waals surface area contributed by atoms with Crippen molar-refractivity contribution in [1.29, 1.82) is 0 Å². The van der Waals surface area contributed by atoms with Crippen molar-refractivity contribution < 1.29 is 29.0 Å². The molecule has 10 heteroatoms. The molecule has 3 aromatic carbocycles. The maximum Gasteiger partial charge on any atom is 0.338 e. The van der Waals surface area contributed by atoms with Crippen LogP contribution < -0.4 is 10.2 Å². The number of nitrogens with zero attached hydrogens (tertiary/aromatic N) is 1. The van der Waals surface area contributed by atoms with Crippen LogP contribution in [0.4, 0.5) is 11.4 Å². The van der Waals surface area contributed by atoms with E-state index in [2.05, 4.69) is 5.32 Å². The molecule has 1 heterocycles. The van der Waals surface area contributed by atoms with Gasteiger partial charge in [0.1, 0.15) is 10.6 Å². The number of carbonyl (C=O) groups excluding carboxylic acids is 3. The van der Waals surface area contributed by atoms with Gasteiger partial charge in [-0.25, -0.2) is 14.5 Å². The van der Waals surface area contributed by atoms with Crippen molar-refractivity contribution >= 4 is 58.5 Å². The minimum absolute atomic E-state index is 0.0427. The lowest BCUT2D eigenvalue weighted by Crippen LogP contribution is -2.32. The number of carboxylic acids is 1. The van der Waals surface area contributed by atoms with Crippen LogP contribution in [0.1, 0.15) is 40.5 Å². The second kappa shape index (κ2) is 12.0. The molecule has 0 aliphatic carbocycles. The van der Waals surface area contributed by atoms with Crippen LogP contribution in [-0.2, 0) is 14.3 Å². The number of thioether (sulfide) groups is 1. The van der Waals surface area contributed by atoms with Gasteiger partial charge in [-0.3, -0.25) is 9.59 Å². The maximum absolute atomic E-state index is 13.5. The number of imide groups is 1. The number of hydrogen-bond acceptors (Lipinski definition) is 7. The summed E-state index contributed by atoms with van der Waals surface area (Å²) in [7, 11) is 0. The summed E-state index contributed by atoms with van der Waals surface area (Å²) in [5, 5.41) is 12.7. The molecule has 0 saturated heterocycles. The normalized spacial score (nSPS) is 13.2. The van der Waals surface area contributed by atoms with Crippen molar-refractivity contribution in [3.05, 3.63) is 99.5 Å². The zero-order chi connectivity index (χ0) is 27.2. The SMILES string of the molecule is CCCCOC(=O)c1ccc(N2C(=O)C(Nc3ccc(C(=O)O)cc3)=C(Sc3ccc(Cl)cc3)C2=O)cc1. The van der Waals surface area contributed by atoms with Gasteiger partial charge in [0, 0.05) is 15.6 Å². The highest BCUT2D eigenvalue weighted by Crippen LogP contribution is 2.38. The second-order valence-electron chi connectivity index (χ2n) is 8.25. The Labute approximate surface area is 228 Å². The van der Waals surface area contributed by atoms with Gasteiger partial charge in [0.25, 0.3) is 11.8 Å². The summed E-state index contributed by atoms with van der Waals surface area (Å²) in [6.07, 6.45) is 1.66. The van der Waals surface area contributed by atoms with E-state index in [9.17, 15) is 19.2 Å². The summed E-state index contributed by atoms with van der Waals surface area (Å²) in [5.41, 5.74) is 1.17. The van der Waals surface area contributed by atoms with Gasteiger partial charge in [0.05, 0.1) is 23.4 Å². The lowest BCUT2D eigenvalue weighted by atomic mass is 10.2. The summed E-state index contributed by atoms with van der Waals surface area (Å²) in [4.78, 5) is 52.3. The van der Waals surface area contributed by atoms with Crippen LogP contribution in [0.5, 0.6) is 0 Å².